The van der Waals surface area contributed by atoms with Gasteiger partial charge in [-0.1, -0.05) is 30.3 Å². The molecule has 4 heterocycles. The van der Waals surface area contributed by atoms with E-state index in [1.54, 1.807) is 0 Å². The molecule has 196 valence electrons. The van der Waals surface area contributed by atoms with Crippen molar-refractivity contribution in [3.8, 4) is 0 Å². The average molecular weight is 492 g/mol. The van der Waals surface area contributed by atoms with Crippen LogP contribution in [0.3, 0.4) is 0 Å². The standard InChI is InChI=1S/C30H45N5O/c1-22-26(23(2)33(3)32-22)16-17-31-29(36)15-7-14-28-27-13-9-19-34-18-8-12-25(30(27)34)21-35(28)20-24-10-5-4-6-11-24/h4-6,10-11,25,27-28,30H,7-9,12-21H2,1-3H3,(H,31,36)/t25-,27+,28+,30-/m0/s1. The molecule has 0 aliphatic carbocycles. The monoisotopic (exact) mass is 491 g/mol. The maximum Gasteiger partial charge on any atom is 0.220 e. The Kier molecular flexibility index (Phi) is 8.12. The highest BCUT2D eigenvalue weighted by atomic mass is 16.1. The summed E-state index contributed by atoms with van der Waals surface area (Å²) in [5, 5.41) is 7.67. The number of amides is 1. The summed E-state index contributed by atoms with van der Waals surface area (Å²) in [7, 11) is 1.98. The Labute approximate surface area is 217 Å². The van der Waals surface area contributed by atoms with E-state index in [-0.39, 0.29) is 5.91 Å². The van der Waals surface area contributed by atoms with Crippen molar-refractivity contribution in [2.75, 3.05) is 26.2 Å². The van der Waals surface area contributed by atoms with Crippen LogP contribution in [0.15, 0.2) is 30.3 Å². The molecule has 3 aliphatic heterocycles. The van der Waals surface area contributed by atoms with Crippen LogP contribution in [0, 0.1) is 25.7 Å². The van der Waals surface area contributed by atoms with Gasteiger partial charge in [0.05, 0.1) is 5.69 Å². The van der Waals surface area contributed by atoms with E-state index < -0.39 is 0 Å². The van der Waals surface area contributed by atoms with Crippen LogP contribution in [0.2, 0.25) is 0 Å². The highest BCUT2D eigenvalue weighted by Crippen LogP contribution is 2.43. The van der Waals surface area contributed by atoms with E-state index >= 15 is 0 Å². The number of benzene rings is 1. The van der Waals surface area contributed by atoms with Crippen LogP contribution in [0.5, 0.6) is 0 Å². The maximum absolute atomic E-state index is 12.7. The first-order valence-electron chi connectivity index (χ1n) is 14.3. The first-order chi connectivity index (χ1) is 17.5. The number of aryl methyl sites for hydroxylation is 2. The predicted molar refractivity (Wildman–Crippen MR) is 145 cm³/mol. The van der Waals surface area contributed by atoms with E-state index in [1.807, 2.05) is 11.7 Å². The molecule has 4 atom stereocenters. The minimum atomic E-state index is 0.195. The molecule has 0 saturated carbocycles. The zero-order valence-electron chi connectivity index (χ0n) is 22.6. The van der Waals surface area contributed by atoms with Gasteiger partial charge < -0.3 is 5.32 Å². The van der Waals surface area contributed by atoms with Crippen LogP contribution in [0.1, 0.15) is 67.5 Å². The molecule has 3 saturated heterocycles. The number of hydrogen-bond acceptors (Lipinski definition) is 4. The average Bonchev–Trinajstić information content (AvgIpc) is 3.12. The minimum Gasteiger partial charge on any atom is -0.356 e. The van der Waals surface area contributed by atoms with E-state index in [9.17, 15) is 4.79 Å². The van der Waals surface area contributed by atoms with Crippen LogP contribution in [0.4, 0.5) is 0 Å². The number of piperidine rings is 3. The highest BCUT2D eigenvalue weighted by Gasteiger charge is 2.48. The molecule has 1 amide bonds. The Morgan fingerprint density at radius 2 is 1.89 bits per heavy atom. The molecule has 0 radical (unpaired) electrons. The number of carbonyl (C=O) groups excluding carboxylic acids is 1. The fourth-order valence-corrected chi connectivity index (χ4v) is 7.55. The molecule has 5 rings (SSSR count). The normalized spacial score (nSPS) is 26.5. The van der Waals surface area contributed by atoms with E-state index in [1.165, 1.54) is 62.1 Å². The number of aromatic nitrogens is 2. The topological polar surface area (TPSA) is 53.4 Å². The molecule has 2 aromatic rings. The second kappa shape index (κ2) is 11.5. The zero-order chi connectivity index (χ0) is 25.1. The van der Waals surface area contributed by atoms with Gasteiger partial charge in [-0.05, 0) is 94.8 Å². The van der Waals surface area contributed by atoms with Crippen LogP contribution in [-0.2, 0) is 24.8 Å². The molecule has 6 heteroatoms. The quantitative estimate of drug-likeness (QED) is 0.570. The summed E-state index contributed by atoms with van der Waals surface area (Å²) in [6, 6.07) is 12.3. The van der Waals surface area contributed by atoms with Gasteiger partial charge in [0.1, 0.15) is 0 Å². The number of nitrogens with one attached hydrogen (secondary N) is 1. The lowest BCUT2D eigenvalue weighted by molar-refractivity contribution is -0.121. The Morgan fingerprint density at radius 3 is 2.64 bits per heavy atom. The van der Waals surface area contributed by atoms with Crippen LogP contribution in [0.25, 0.3) is 0 Å². The summed E-state index contributed by atoms with van der Waals surface area (Å²) in [5.74, 6) is 1.76. The van der Waals surface area contributed by atoms with Gasteiger partial charge >= 0.3 is 0 Å². The Balaban J connectivity index is 1.18. The van der Waals surface area contributed by atoms with Crippen molar-refractivity contribution in [2.24, 2.45) is 18.9 Å². The number of likely N-dealkylation sites (tertiary alicyclic amines) is 1. The predicted octanol–water partition coefficient (Wildman–Crippen LogP) is 4.24. The summed E-state index contributed by atoms with van der Waals surface area (Å²) >= 11 is 0. The van der Waals surface area contributed by atoms with Crippen LogP contribution >= 0.6 is 0 Å². The fraction of sp³-hybridized carbons (Fsp3) is 0.667. The summed E-state index contributed by atoms with van der Waals surface area (Å²) in [6.45, 7) is 9.69. The second-order valence-electron chi connectivity index (χ2n) is 11.5. The van der Waals surface area contributed by atoms with Crippen LogP contribution in [-0.4, -0.2) is 63.8 Å². The van der Waals surface area contributed by atoms with Gasteiger partial charge in [0.25, 0.3) is 0 Å². The van der Waals surface area contributed by atoms with Crippen molar-refractivity contribution in [1.82, 2.24) is 24.9 Å². The number of nitrogens with zero attached hydrogens (tertiary/aromatic N) is 4. The molecule has 1 aromatic carbocycles. The van der Waals surface area contributed by atoms with Gasteiger partial charge in [-0.3, -0.25) is 19.3 Å². The van der Waals surface area contributed by atoms with Gasteiger partial charge in [0.15, 0.2) is 0 Å². The summed E-state index contributed by atoms with van der Waals surface area (Å²) in [6.07, 6.45) is 9.01. The lowest BCUT2D eigenvalue weighted by Gasteiger charge is -2.57. The second-order valence-corrected chi connectivity index (χ2v) is 11.5. The van der Waals surface area contributed by atoms with Gasteiger partial charge in [-0.15, -0.1) is 0 Å². The third-order valence-corrected chi connectivity index (χ3v) is 9.27. The third kappa shape index (κ3) is 5.55. The van der Waals surface area contributed by atoms with Gasteiger partial charge in [-0.2, -0.15) is 5.10 Å². The Hall–Kier alpha value is -2.18. The van der Waals surface area contributed by atoms with Gasteiger partial charge in [-0.25, -0.2) is 0 Å². The van der Waals surface area contributed by atoms with Crippen molar-refractivity contribution < 1.29 is 4.79 Å². The van der Waals surface area contributed by atoms with E-state index in [0.717, 1.165) is 49.4 Å². The summed E-state index contributed by atoms with van der Waals surface area (Å²) in [4.78, 5) is 18.3. The molecule has 6 nitrogen and oxygen atoms in total. The highest BCUT2D eigenvalue weighted by molar-refractivity contribution is 5.75. The first-order valence-corrected chi connectivity index (χ1v) is 14.3. The van der Waals surface area contributed by atoms with Crippen molar-refractivity contribution in [1.29, 1.82) is 0 Å². The molecule has 1 N–H and O–H groups in total. The maximum atomic E-state index is 12.7. The van der Waals surface area contributed by atoms with Gasteiger partial charge in [0, 0.05) is 50.9 Å². The largest absolute Gasteiger partial charge is 0.356 e. The van der Waals surface area contributed by atoms with Crippen LogP contribution < -0.4 is 5.32 Å². The van der Waals surface area contributed by atoms with Crippen molar-refractivity contribution in [3.05, 3.63) is 52.8 Å². The van der Waals surface area contributed by atoms with E-state index in [2.05, 4.69) is 64.4 Å². The van der Waals surface area contributed by atoms with Crippen molar-refractivity contribution >= 4 is 5.91 Å². The minimum absolute atomic E-state index is 0.195. The van der Waals surface area contributed by atoms with E-state index in [4.69, 9.17) is 0 Å². The fourth-order valence-electron chi connectivity index (χ4n) is 7.55. The molecule has 36 heavy (non-hydrogen) atoms. The van der Waals surface area contributed by atoms with Crippen molar-refractivity contribution in [3.63, 3.8) is 0 Å². The molecule has 0 bridgehead atoms. The smallest absolute Gasteiger partial charge is 0.220 e. The summed E-state index contributed by atoms with van der Waals surface area (Å²) in [5.41, 5.74) is 4.95. The van der Waals surface area contributed by atoms with Crippen molar-refractivity contribution in [2.45, 2.75) is 83.8 Å². The SMILES string of the molecule is Cc1nn(C)c(C)c1CCNC(=O)CCC[C@@H]1[C@H]2CCCN3CCC[C@@H](CN1Cc1ccccc1)[C@@H]23. The number of rotatable bonds is 9. The molecular formula is C30H45N5O. The molecule has 0 unspecified atom stereocenters. The lowest BCUT2D eigenvalue weighted by Crippen LogP contribution is -2.64. The summed E-state index contributed by atoms with van der Waals surface area (Å²) < 4.78 is 1.93. The zero-order valence-corrected chi connectivity index (χ0v) is 22.6. The first kappa shape index (κ1) is 25.5. The third-order valence-electron chi connectivity index (χ3n) is 9.27. The molecular weight excluding hydrogens is 446 g/mol. The molecule has 0 spiro atoms. The van der Waals surface area contributed by atoms with E-state index in [0.29, 0.717) is 19.0 Å². The number of carbonyl (C=O) groups is 1. The van der Waals surface area contributed by atoms with Gasteiger partial charge in [0.2, 0.25) is 5.91 Å². The molecule has 3 fully saturated rings. The molecule has 3 aliphatic rings. The Bertz CT molecular complexity index is 1020. The lowest BCUT2D eigenvalue weighted by atomic mass is 9.69. The number of hydrogen-bond donors (Lipinski definition) is 1. The molecule has 1 aromatic heterocycles. The Morgan fingerprint density at radius 1 is 1.11 bits per heavy atom.